The maximum atomic E-state index is 5.59. The van der Waals surface area contributed by atoms with Crippen LogP contribution in [0.4, 0.5) is 0 Å². The molecule has 1 aromatic carbocycles. The predicted molar refractivity (Wildman–Crippen MR) is 64.6 cm³/mol. The Morgan fingerprint density at radius 2 is 1.86 bits per heavy atom. The van der Waals surface area contributed by atoms with E-state index in [-0.39, 0.29) is 12.4 Å². The molecule has 2 nitrogen and oxygen atoms in total. The molecule has 0 bridgehead atoms. The van der Waals surface area contributed by atoms with Crippen LogP contribution in [0.3, 0.4) is 0 Å². The third kappa shape index (κ3) is 1.90. The predicted octanol–water partition coefficient (Wildman–Crippen LogP) is 2.88. The molecule has 0 spiro atoms. The monoisotopic (exact) mass is 272 g/mol. The SMILES string of the molecule is Cl.NCc1ncc(Br)c2ccccc12. The number of halogens is 2. The zero-order chi connectivity index (χ0) is 9.26. The van der Waals surface area contributed by atoms with Crippen LogP contribution in [0, 0.1) is 0 Å². The van der Waals surface area contributed by atoms with Crippen molar-refractivity contribution in [3.8, 4) is 0 Å². The van der Waals surface area contributed by atoms with Gasteiger partial charge in [-0.1, -0.05) is 24.3 Å². The number of nitrogens with two attached hydrogens (primary N) is 1. The van der Waals surface area contributed by atoms with Gasteiger partial charge in [0.15, 0.2) is 0 Å². The summed E-state index contributed by atoms with van der Waals surface area (Å²) in [7, 11) is 0. The molecule has 14 heavy (non-hydrogen) atoms. The average molecular weight is 274 g/mol. The highest BCUT2D eigenvalue weighted by molar-refractivity contribution is 9.10. The summed E-state index contributed by atoms with van der Waals surface area (Å²) in [5, 5.41) is 2.29. The van der Waals surface area contributed by atoms with E-state index in [2.05, 4.69) is 27.0 Å². The van der Waals surface area contributed by atoms with Crippen LogP contribution < -0.4 is 5.73 Å². The van der Waals surface area contributed by atoms with Crippen LogP contribution in [-0.4, -0.2) is 4.98 Å². The third-order valence-electron chi connectivity index (χ3n) is 2.02. The van der Waals surface area contributed by atoms with Crippen molar-refractivity contribution in [1.29, 1.82) is 0 Å². The minimum absolute atomic E-state index is 0. The smallest absolute Gasteiger partial charge is 0.0618 e. The molecular formula is C10H10BrClN2. The molecule has 0 aliphatic rings. The minimum Gasteiger partial charge on any atom is -0.325 e. The zero-order valence-corrected chi connectivity index (χ0v) is 9.81. The van der Waals surface area contributed by atoms with Gasteiger partial charge in [0.1, 0.15) is 0 Å². The van der Waals surface area contributed by atoms with Crippen molar-refractivity contribution in [2.75, 3.05) is 0 Å². The molecule has 0 atom stereocenters. The Hall–Kier alpha value is -0.640. The zero-order valence-electron chi connectivity index (χ0n) is 7.40. The maximum Gasteiger partial charge on any atom is 0.0618 e. The summed E-state index contributed by atoms with van der Waals surface area (Å²) in [5.41, 5.74) is 6.53. The van der Waals surface area contributed by atoms with Gasteiger partial charge in [-0.25, -0.2) is 0 Å². The second kappa shape index (κ2) is 4.73. The summed E-state index contributed by atoms with van der Waals surface area (Å²) in [5.74, 6) is 0. The van der Waals surface area contributed by atoms with Gasteiger partial charge >= 0.3 is 0 Å². The van der Waals surface area contributed by atoms with Gasteiger partial charge in [0.2, 0.25) is 0 Å². The summed E-state index contributed by atoms with van der Waals surface area (Å²) in [6.45, 7) is 0.480. The lowest BCUT2D eigenvalue weighted by Gasteiger charge is -2.04. The summed E-state index contributed by atoms with van der Waals surface area (Å²) in [6, 6.07) is 8.10. The third-order valence-corrected chi connectivity index (χ3v) is 2.65. The van der Waals surface area contributed by atoms with E-state index >= 15 is 0 Å². The van der Waals surface area contributed by atoms with Gasteiger partial charge in [-0.2, -0.15) is 0 Å². The van der Waals surface area contributed by atoms with Crippen molar-refractivity contribution < 1.29 is 0 Å². The quantitative estimate of drug-likeness (QED) is 0.868. The van der Waals surface area contributed by atoms with E-state index in [4.69, 9.17) is 5.73 Å². The number of pyridine rings is 1. The number of rotatable bonds is 1. The van der Waals surface area contributed by atoms with Gasteiger partial charge in [-0.15, -0.1) is 12.4 Å². The first kappa shape index (κ1) is 11.4. The topological polar surface area (TPSA) is 38.9 Å². The van der Waals surface area contributed by atoms with Crippen LogP contribution >= 0.6 is 28.3 Å². The molecule has 0 unspecified atom stereocenters. The number of fused-ring (bicyclic) bond motifs is 1. The molecule has 2 N–H and O–H groups in total. The van der Waals surface area contributed by atoms with E-state index in [1.54, 1.807) is 6.20 Å². The van der Waals surface area contributed by atoms with Crippen molar-refractivity contribution in [1.82, 2.24) is 4.98 Å². The van der Waals surface area contributed by atoms with Crippen LogP contribution in [0.2, 0.25) is 0 Å². The molecular weight excluding hydrogens is 263 g/mol. The van der Waals surface area contributed by atoms with Crippen LogP contribution in [0.1, 0.15) is 5.69 Å². The number of hydrogen-bond donors (Lipinski definition) is 1. The molecule has 1 aromatic heterocycles. The van der Waals surface area contributed by atoms with Crippen molar-refractivity contribution in [2.24, 2.45) is 5.73 Å². The molecule has 4 heteroatoms. The molecule has 0 amide bonds. The molecule has 74 valence electrons. The van der Waals surface area contributed by atoms with Crippen molar-refractivity contribution in [3.05, 3.63) is 40.6 Å². The van der Waals surface area contributed by atoms with E-state index < -0.39 is 0 Å². The van der Waals surface area contributed by atoms with E-state index in [9.17, 15) is 0 Å². The van der Waals surface area contributed by atoms with Gasteiger partial charge in [0.25, 0.3) is 0 Å². The fourth-order valence-corrected chi connectivity index (χ4v) is 1.83. The standard InChI is InChI=1S/C10H9BrN2.ClH/c11-9-6-13-10(5-12)8-4-2-1-3-7(8)9;/h1-4,6H,5,12H2;1H. The van der Waals surface area contributed by atoms with Crippen LogP contribution in [0.15, 0.2) is 34.9 Å². The van der Waals surface area contributed by atoms with E-state index in [1.165, 1.54) is 0 Å². The summed E-state index contributed by atoms with van der Waals surface area (Å²) >= 11 is 3.46. The van der Waals surface area contributed by atoms with E-state index in [0.717, 1.165) is 20.9 Å². The number of benzene rings is 1. The molecule has 2 aromatic rings. The lowest BCUT2D eigenvalue weighted by molar-refractivity contribution is 1.01. The van der Waals surface area contributed by atoms with Gasteiger partial charge < -0.3 is 5.73 Å². The van der Waals surface area contributed by atoms with Crippen LogP contribution in [-0.2, 0) is 6.54 Å². The molecule has 0 saturated heterocycles. The van der Waals surface area contributed by atoms with E-state index in [0.29, 0.717) is 6.54 Å². The average Bonchev–Trinajstić information content (AvgIpc) is 2.19. The number of aromatic nitrogens is 1. The summed E-state index contributed by atoms with van der Waals surface area (Å²) in [6.07, 6.45) is 1.80. The van der Waals surface area contributed by atoms with Crippen molar-refractivity contribution >= 4 is 39.1 Å². The van der Waals surface area contributed by atoms with Crippen molar-refractivity contribution in [3.63, 3.8) is 0 Å². The Balaban J connectivity index is 0.000000980. The molecule has 0 aliphatic heterocycles. The Morgan fingerprint density at radius 3 is 2.50 bits per heavy atom. The molecule has 0 radical (unpaired) electrons. The molecule has 0 saturated carbocycles. The van der Waals surface area contributed by atoms with Crippen LogP contribution in [0.25, 0.3) is 10.8 Å². The number of hydrogen-bond acceptors (Lipinski definition) is 2. The minimum atomic E-state index is 0. The van der Waals surface area contributed by atoms with E-state index in [1.807, 2.05) is 18.2 Å². The van der Waals surface area contributed by atoms with Crippen molar-refractivity contribution in [2.45, 2.75) is 6.54 Å². The highest BCUT2D eigenvalue weighted by Crippen LogP contribution is 2.24. The first-order valence-electron chi connectivity index (χ1n) is 4.05. The maximum absolute atomic E-state index is 5.59. The van der Waals surface area contributed by atoms with Gasteiger partial charge in [0, 0.05) is 22.6 Å². The van der Waals surface area contributed by atoms with Gasteiger partial charge in [-0.3, -0.25) is 4.98 Å². The Morgan fingerprint density at radius 1 is 1.21 bits per heavy atom. The first-order valence-corrected chi connectivity index (χ1v) is 4.84. The first-order chi connectivity index (χ1) is 6.33. The lowest BCUT2D eigenvalue weighted by Crippen LogP contribution is -2.00. The second-order valence-electron chi connectivity index (χ2n) is 2.80. The molecule has 0 aliphatic carbocycles. The molecule has 0 fully saturated rings. The Kier molecular flexibility index (Phi) is 3.86. The van der Waals surface area contributed by atoms with Gasteiger partial charge in [0.05, 0.1) is 5.69 Å². The highest BCUT2D eigenvalue weighted by atomic mass is 79.9. The fraction of sp³-hybridized carbons (Fsp3) is 0.100. The van der Waals surface area contributed by atoms with Crippen LogP contribution in [0.5, 0.6) is 0 Å². The Labute approximate surface area is 97.1 Å². The van der Waals surface area contributed by atoms with Gasteiger partial charge in [-0.05, 0) is 21.3 Å². The second-order valence-corrected chi connectivity index (χ2v) is 3.66. The summed E-state index contributed by atoms with van der Waals surface area (Å²) in [4.78, 5) is 4.25. The highest BCUT2D eigenvalue weighted by Gasteiger charge is 2.02. The Bertz CT molecular complexity index is 445. The fourth-order valence-electron chi connectivity index (χ4n) is 1.38. The summed E-state index contributed by atoms with van der Waals surface area (Å²) < 4.78 is 1.01. The largest absolute Gasteiger partial charge is 0.325 e. The molecule has 1 heterocycles. The normalized spacial score (nSPS) is 9.86. The number of nitrogens with zero attached hydrogens (tertiary/aromatic N) is 1. The molecule has 2 rings (SSSR count). The lowest BCUT2D eigenvalue weighted by atomic mass is 10.1.